The molecule has 17 heavy (non-hydrogen) atoms. The Labute approximate surface area is 100 Å². The Balaban J connectivity index is 2.38. The average Bonchev–Trinajstić information content (AvgIpc) is 2.35. The minimum absolute atomic E-state index is 0.0156. The third-order valence-corrected chi connectivity index (χ3v) is 2.77. The Bertz CT molecular complexity index is 475. The number of benzene rings is 1. The predicted octanol–water partition coefficient (Wildman–Crippen LogP) is 1.01. The molecule has 90 valence electrons. The van der Waals surface area contributed by atoms with Gasteiger partial charge in [0.1, 0.15) is 5.75 Å². The van der Waals surface area contributed by atoms with Crippen molar-refractivity contribution in [2.24, 2.45) is 21.7 Å². The van der Waals surface area contributed by atoms with Gasteiger partial charge in [0.2, 0.25) is 5.96 Å². The molecule has 0 heterocycles. The zero-order valence-electron chi connectivity index (χ0n) is 9.81. The Kier molecular flexibility index (Phi) is 3.27. The molecule has 0 bridgehead atoms. The van der Waals surface area contributed by atoms with E-state index >= 15 is 0 Å². The van der Waals surface area contributed by atoms with Crippen molar-refractivity contribution in [1.82, 2.24) is 0 Å². The smallest absolute Gasteiger partial charge is 0.211 e. The van der Waals surface area contributed by atoms with Crippen LogP contribution in [0.5, 0.6) is 5.75 Å². The maximum absolute atomic E-state index is 5.28. The first kappa shape index (κ1) is 11.4. The quantitative estimate of drug-likeness (QED) is 0.453. The Morgan fingerprint density at radius 1 is 1.29 bits per heavy atom. The Morgan fingerprint density at radius 2 is 2.12 bits per heavy atom. The summed E-state index contributed by atoms with van der Waals surface area (Å²) in [6, 6.07) is 5.98. The van der Waals surface area contributed by atoms with E-state index in [1.807, 2.05) is 18.2 Å². The van der Waals surface area contributed by atoms with Crippen molar-refractivity contribution in [2.45, 2.75) is 19.3 Å². The van der Waals surface area contributed by atoms with Crippen LogP contribution in [0.3, 0.4) is 0 Å². The number of hydrogen-bond donors (Lipinski definition) is 2. The topological polar surface area (TPSA) is 86.0 Å². The molecule has 0 fully saturated rings. The summed E-state index contributed by atoms with van der Waals surface area (Å²) in [7, 11) is 1.67. The summed E-state index contributed by atoms with van der Waals surface area (Å²) in [5.41, 5.74) is 13.8. The lowest BCUT2D eigenvalue weighted by Gasteiger charge is -2.17. The fraction of sp³-hybridized carbons (Fsp3) is 0.333. The van der Waals surface area contributed by atoms with E-state index < -0.39 is 0 Å². The maximum Gasteiger partial charge on any atom is 0.211 e. The second kappa shape index (κ2) is 4.86. The normalized spacial score (nSPS) is 16.4. The van der Waals surface area contributed by atoms with Gasteiger partial charge in [-0.1, -0.05) is 0 Å². The van der Waals surface area contributed by atoms with Crippen LogP contribution >= 0.6 is 0 Å². The Morgan fingerprint density at radius 3 is 2.82 bits per heavy atom. The van der Waals surface area contributed by atoms with E-state index in [-0.39, 0.29) is 5.96 Å². The number of methoxy groups -OCH3 is 1. The van der Waals surface area contributed by atoms with E-state index in [2.05, 4.69) is 10.2 Å². The van der Waals surface area contributed by atoms with Gasteiger partial charge in [-0.25, -0.2) is 0 Å². The van der Waals surface area contributed by atoms with E-state index in [1.165, 1.54) is 5.56 Å². The first-order valence-electron chi connectivity index (χ1n) is 5.53. The van der Waals surface area contributed by atoms with Crippen molar-refractivity contribution < 1.29 is 4.74 Å². The van der Waals surface area contributed by atoms with Crippen LogP contribution in [0.2, 0.25) is 0 Å². The first-order chi connectivity index (χ1) is 8.20. The minimum Gasteiger partial charge on any atom is -0.497 e. The number of nitrogens with two attached hydrogens (primary N) is 2. The molecule has 1 aliphatic carbocycles. The van der Waals surface area contributed by atoms with Crippen LogP contribution in [-0.4, -0.2) is 18.8 Å². The standard InChI is InChI=1S/C12H16N4O/c1-17-9-5-6-10-8(7-9)3-2-4-11(10)15-16-12(13)14/h5-7H,2-4H2,1H3,(H4,13,14,16)/b15-11+. The summed E-state index contributed by atoms with van der Waals surface area (Å²) in [6.07, 6.45) is 2.99. The van der Waals surface area contributed by atoms with E-state index in [0.29, 0.717) is 0 Å². The number of guanidine groups is 1. The number of nitrogens with zero attached hydrogens (tertiary/aromatic N) is 2. The van der Waals surface area contributed by atoms with Gasteiger partial charge in [0, 0.05) is 5.56 Å². The van der Waals surface area contributed by atoms with E-state index in [0.717, 1.165) is 36.3 Å². The molecule has 1 aromatic rings. The molecule has 4 N–H and O–H groups in total. The highest BCUT2D eigenvalue weighted by Gasteiger charge is 2.16. The van der Waals surface area contributed by atoms with Crippen molar-refractivity contribution >= 4 is 11.7 Å². The molecule has 0 amide bonds. The molecule has 0 saturated heterocycles. The van der Waals surface area contributed by atoms with Gasteiger partial charge in [-0.15, -0.1) is 5.10 Å². The van der Waals surface area contributed by atoms with Gasteiger partial charge in [-0.3, -0.25) is 0 Å². The molecular weight excluding hydrogens is 216 g/mol. The lowest BCUT2D eigenvalue weighted by molar-refractivity contribution is 0.414. The van der Waals surface area contributed by atoms with Crippen LogP contribution in [0, 0.1) is 0 Å². The maximum atomic E-state index is 5.28. The average molecular weight is 232 g/mol. The Hall–Kier alpha value is -2.04. The number of ether oxygens (including phenoxy) is 1. The lowest BCUT2D eigenvalue weighted by Crippen LogP contribution is -2.22. The summed E-state index contributed by atoms with van der Waals surface area (Å²) >= 11 is 0. The fourth-order valence-electron chi connectivity index (χ4n) is 1.99. The number of rotatable bonds is 2. The molecule has 1 aliphatic rings. The molecule has 5 nitrogen and oxygen atoms in total. The molecule has 0 saturated carbocycles. The number of hydrogen-bond acceptors (Lipinski definition) is 3. The van der Waals surface area contributed by atoms with Gasteiger partial charge in [-0.05, 0) is 43.0 Å². The van der Waals surface area contributed by atoms with Crippen LogP contribution in [0.1, 0.15) is 24.0 Å². The van der Waals surface area contributed by atoms with Crippen LogP contribution in [0.15, 0.2) is 28.4 Å². The molecule has 0 atom stereocenters. The second-order valence-corrected chi connectivity index (χ2v) is 3.95. The minimum atomic E-state index is -0.0156. The number of fused-ring (bicyclic) bond motifs is 1. The van der Waals surface area contributed by atoms with Crippen LogP contribution in [0.25, 0.3) is 0 Å². The monoisotopic (exact) mass is 232 g/mol. The third kappa shape index (κ3) is 2.55. The first-order valence-corrected chi connectivity index (χ1v) is 5.53. The van der Waals surface area contributed by atoms with Crippen LogP contribution in [0.4, 0.5) is 0 Å². The van der Waals surface area contributed by atoms with Gasteiger partial charge in [0.25, 0.3) is 0 Å². The second-order valence-electron chi connectivity index (χ2n) is 3.95. The molecule has 2 rings (SSSR count). The van der Waals surface area contributed by atoms with Crippen molar-refractivity contribution in [3.05, 3.63) is 29.3 Å². The molecule has 5 heteroatoms. The summed E-state index contributed by atoms with van der Waals surface area (Å²) in [4.78, 5) is 0. The van der Waals surface area contributed by atoms with Crippen molar-refractivity contribution in [1.29, 1.82) is 0 Å². The molecular formula is C12H16N4O. The summed E-state index contributed by atoms with van der Waals surface area (Å²) in [6.45, 7) is 0. The SMILES string of the molecule is COc1ccc2c(c1)CCC/C2=N\N=C(N)N. The highest BCUT2D eigenvalue weighted by molar-refractivity contribution is 6.03. The largest absolute Gasteiger partial charge is 0.497 e. The molecule has 0 spiro atoms. The van der Waals surface area contributed by atoms with Crippen molar-refractivity contribution in [2.75, 3.05) is 7.11 Å². The zero-order chi connectivity index (χ0) is 12.3. The van der Waals surface area contributed by atoms with E-state index in [9.17, 15) is 0 Å². The van der Waals surface area contributed by atoms with Gasteiger partial charge >= 0.3 is 0 Å². The van der Waals surface area contributed by atoms with Gasteiger partial charge in [-0.2, -0.15) is 5.10 Å². The molecule has 0 unspecified atom stereocenters. The van der Waals surface area contributed by atoms with E-state index in [1.54, 1.807) is 7.11 Å². The molecule has 1 aromatic carbocycles. The van der Waals surface area contributed by atoms with Gasteiger partial charge in [0.05, 0.1) is 12.8 Å². The van der Waals surface area contributed by atoms with Crippen molar-refractivity contribution in [3.63, 3.8) is 0 Å². The molecule has 0 radical (unpaired) electrons. The van der Waals surface area contributed by atoms with E-state index in [4.69, 9.17) is 16.2 Å². The van der Waals surface area contributed by atoms with Gasteiger partial charge in [0.15, 0.2) is 0 Å². The van der Waals surface area contributed by atoms with Crippen LogP contribution < -0.4 is 16.2 Å². The highest BCUT2D eigenvalue weighted by Crippen LogP contribution is 2.25. The number of aryl methyl sites for hydroxylation is 1. The third-order valence-electron chi connectivity index (χ3n) is 2.77. The zero-order valence-corrected chi connectivity index (χ0v) is 9.81. The fourth-order valence-corrected chi connectivity index (χ4v) is 1.99. The predicted molar refractivity (Wildman–Crippen MR) is 68.3 cm³/mol. The van der Waals surface area contributed by atoms with Crippen LogP contribution in [-0.2, 0) is 6.42 Å². The summed E-state index contributed by atoms with van der Waals surface area (Å²) < 4.78 is 5.21. The molecule has 0 aromatic heterocycles. The summed E-state index contributed by atoms with van der Waals surface area (Å²) in [5.74, 6) is 0.852. The molecule has 0 aliphatic heterocycles. The van der Waals surface area contributed by atoms with Gasteiger partial charge < -0.3 is 16.2 Å². The highest BCUT2D eigenvalue weighted by atomic mass is 16.5. The summed E-state index contributed by atoms with van der Waals surface area (Å²) in [5, 5.41) is 7.81. The van der Waals surface area contributed by atoms with Crippen molar-refractivity contribution in [3.8, 4) is 5.75 Å². The lowest BCUT2D eigenvalue weighted by atomic mass is 9.90.